The second-order valence-corrected chi connectivity index (χ2v) is 6.72. The van der Waals surface area contributed by atoms with Gasteiger partial charge < -0.3 is 9.64 Å². The van der Waals surface area contributed by atoms with Crippen LogP contribution >= 0.6 is 15.9 Å². The highest BCUT2D eigenvalue weighted by atomic mass is 79.9. The number of benzene rings is 2. The monoisotopic (exact) mass is 387 g/mol. The summed E-state index contributed by atoms with van der Waals surface area (Å²) in [6.45, 7) is 2.45. The third-order valence-corrected chi connectivity index (χ3v) is 4.68. The Morgan fingerprint density at radius 1 is 1.17 bits per heavy atom. The number of carbonyl (C=O) groups is 2. The molecular weight excluding hydrogens is 370 g/mol. The second kappa shape index (κ2) is 7.18. The number of hydrogen-bond donors (Lipinski definition) is 0. The zero-order valence-electron chi connectivity index (χ0n) is 13.4. The van der Waals surface area contributed by atoms with Crippen LogP contribution in [0, 0.1) is 5.92 Å². The minimum Gasteiger partial charge on any atom is -0.426 e. The third-order valence-electron chi connectivity index (χ3n) is 4.15. The summed E-state index contributed by atoms with van der Waals surface area (Å²) < 4.78 is 6.30. The van der Waals surface area contributed by atoms with Gasteiger partial charge in [0.1, 0.15) is 5.75 Å². The maximum atomic E-state index is 12.3. The molecule has 5 heteroatoms. The van der Waals surface area contributed by atoms with Crippen LogP contribution in [-0.2, 0) is 16.0 Å². The molecule has 1 amide bonds. The molecule has 0 saturated carbocycles. The lowest BCUT2D eigenvalue weighted by molar-refractivity contribution is -0.139. The molecule has 0 N–H and O–H groups in total. The Kier molecular flexibility index (Phi) is 5.00. The summed E-state index contributed by atoms with van der Waals surface area (Å²) in [5.74, 6) is -0.358. The van der Waals surface area contributed by atoms with Crippen LogP contribution in [0.1, 0.15) is 18.9 Å². The van der Waals surface area contributed by atoms with Crippen molar-refractivity contribution < 1.29 is 14.3 Å². The van der Waals surface area contributed by atoms with Gasteiger partial charge in [-0.15, -0.1) is 0 Å². The van der Waals surface area contributed by atoms with Gasteiger partial charge in [-0.05, 0) is 48.4 Å². The zero-order valence-corrected chi connectivity index (χ0v) is 15.0. The number of nitrogens with zero attached hydrogens (tertiary/aromatic N) is 1. The lowest BCUT2D eigenvalue weighted by atomic mass is 10.1. The Morgan fingerprint density at radius 2 is 1.83 bits per heavy atom. The summed E-state index contributed by atoms with van der Waals surface area (Å²) in [6, 6.07) is 14.9. The average molecular weight is 388 g/mol. The number of ether oxygens (including phenoxy) is 1. The Morgan fingerprint density at radius 3 is 2.46 bits per heavy atom. The summed E-state index contributed by atoms with van der Waals surface area (Å²) in [5.41, 5.74) is 2.05. The van der Waals surface area contributed by atoms with E-state index in [0.717, 1.165) is 16.6 Å². The summed E-state index contributed by atoms with van der Waals surface area (Å²) in [7, 11) is 0. The minimum absolute atomic E-state index is 0.0444. The van der Waals surface area contributed by atoms with E-state index >= 15 is 0 Å². The number of aryl methyl sites for hydroxylation is 1. The molecule has 4 nitrogen and oxygen atoms in total. The standard InChI is InChI=1S/C19H18BrNO3/c1-2-13-3-7-16(8-4-13)21-12-14(11-18(21)22)19(23)24-17-9-5-15(20)6-10-17/h3-10,14H,2,11-12H2,1H3/t14-/m1/s1. The van der Waals surface area contributed by atoms with E-state index in [0.29, 0.717) is 12.3 Å². The Labute approximate surface area is 149 Å². The van der Waals surface area contributed by atoms with Gasteiger partial charge in [0.2, 0.25) is 5.91 Å². The number of carbonyl (C=O) groups excluding carboxylic acids is 2. The van der Waals surface area contributed by atoms with E-state index in [1.54, 1.807) is 17.0 Å². The molecule has 3 rings (SSSR count). The SMILES string of the molecule is CCc1ccc(N2C[C@H](C(=O)Oc3ccc(Br)cc3)CC2=O)cc1. The lowest BCUT2D eigenvalue weighted by Crippen LogP contribution is -2.27. The van der Waals surface area contributed by atoms with Gasteiger partial charge in [-0.25, -0.2) is 0 Å². The quantitative estimate of drug-likeness (QED) is 0.588. The van der Waals surface area contributed by atoms with Gasteiger partial charge in [-0.2, -0.15) is 0 Å². The number of halogens is 1. The molecule has 0 aromatic heterocycles. The van der Waals surface area contributed by atoms with Crippen LogP contribution in [0.4, 0.5) is 5.69 Å². The maximum Gasteiger partial charge on any atom is 0.316 e. The highest BCUT2D eigenvalue weighted by Crippen LogP contribution is 2.27. The maximum absolute atomic E-state index is 12.3. The van der Waals surface area contributed by atoms with Crippen molar-refractivity contribution in [3.05, 3.63) is 58.6 Å². The van der Waals surface area contributed by atoms with Crippen LogP contribution < -0.4 is 9.64 Å². The van der Waals surface area contributed by atoms with Crippen molar-refractivity contribution in [3.8, 4) is 5.75 Å². The average Bonchev–Trinajstić information content (AvgIpc) is 2.99. The van der Waals surface area contributed by atoms with Gasteiger partial charge in [0.25, 0.3) is 0 Å². The first-order valence-electron chi connectivity index (χ1n) is 7.93. The van der Waals surface area contributed by atoms with E-state index < -0.39 is 5.92 Å². The number of hydrogen-bond acceptors (Lipinski definition) is 3. The third kappa shape index (κ3) is 3.67. The normalized spacial score (nSPS) is 17.2. The minimum atomic E-state index is -0.438. The van der Waals surface area contributed by atoms with Crippen molar-refractivity contribution in [1.29, 1.82) is 0 Å². The first-order chi connectivity index (χ1) is 11.6. The first kappa shape index (κ1) is 16.7. The zero-order chi connectivity index (χ0) is 17.1. The molecule has 1 heterocycles. The Bertz CT molecular complexity index is 740. The number of esters is 1. The largest absolute Gasteiger partial charge is 0.426 e. The smallest absolute Gasteiger partial charge is 0.316 e. The van der Waals surface area contributed by atoms with Crippen molar-refractivity contribution in [1.82, 2.24) is 0 Å². The number of anilines is 1. The van der Waals surface area contributed by atoms with Gasteiger partial charge in [0, 0.05) is 23.1 Å². The van der Waals surface area contributed by atoms with Crippen molar-refractivity contribution in [2.75, 3.05) is 11.4 Å². The van der Waals surface area contributed by atoms with Crippen LogP contribution in [0.5, 0.6) is 5.75 Å². The lowest BCUT2D eigenvalue weighted by Gasteiger charge is -2.17. The van der Waals surface area contributed by atoms with Gasteiger partial charge in [0.05, 0.1) is 5.92 Å². The predicted molar refractivity (Wildman–Crippen MR) is 96.1 cm³/mol. The molecule has 0 radical (unpaired) electrons. The fraction of sp³-hybridized carbons (Fsp3) is 0.263. The van der Waals surface area contributed by atoms with Crippen LogP contribution in [0.2, 0.25) is 0 Å². The topological polar surface area (TPSA) is 46.6 Å². The first-order valence-corrected chi connectivity index (χ1v) is 8.72. The molecule has 1 atom stereocenters. The molecule has 1 saturated heterocycles. The Balaban J connectivity index is 1.67. The molecule has 1 aliphatic rings. The van der Waals surface area contributed by atoms with E-state index in [2.05, 4.69) is 22.9 Å². The number of amides is 1. The summed E-state index contributed by atoms with van der Waals surface area (Å²) in [5, 5.41) is 0. The van der Waals surface area contributed by atoms with Crippen LogP contribution in [0.25, 0.3) is 0 Å². The predicted octanol–water partition coefficient (Wildman–Crippen LogP) is 3.97. The molecule has 1 aliphatic heterocycles. The molecule has 0 bridgehead atoms. The molecule has 0 unspecified atom stereocenters. The van der Waals surface area contributed by atoms with Crippen molar-refractivity contribution >= 4 is 33.5 Å². The van der Waals surface area contributed by atoms with E-state index in [1.807, 2.05) is 36.4 Å². The summed E-state index contributed by atoms with van der Waals surface area (Å²) in [4.78, 5) is 26.2. The molecule has 24 heavy (non-hydrogen) atoms. The summed E-state index contributed by atoms with van der Waals surface area (Å²) >= 11 is 3.34. The van der Waals surface area contributed by atoms with Crippen LogP contribution in [-0.4, -0.2) is 18.4 Å². The van der Waals surface area contributed by atoms with Crippen LogP contribution in [0.3, 0.4) is 0 Å². The molecule has 2 aromatic rings. The van der Waals surface area contributed by atoms with Gasteiger partial charge in [-0.3, -0.25) is 9.59 Å². The molecule has 124 valence electrons. The molecular formula is C19H18BrNO3. The van der Waals surface area contributed by atoms with E-state index in [-0.39, 0.29) is 18.3 Å². The fourth-order valence-corrected chi connectivity index (χ4v) is 2.99. The van der Waals surface area contributed by atoms with Gasteiger partial charge in [0.15, 0.2) is 0 Å². The van der Waals surface area contributed by atoms with E-state index in [1.165, 1.54) is 5.56 Å². The van der Waals surface area contributed by atoms with E-state index in [4.69, 9.17) is 4.74 Å². The second-order valence-electron chi connectivity index (χ2n) is 5.80. The van der Waals surface area contributed by atoms with Crippen molar-refractivity contribution in [2.45, 2.75) is 19.8 Å². The van der Waals surface area contributed by atoms with Crippen molar-refractivity contribution in [2.24, 2.45) is 5.92 Å². The number of rotatable bonds is 4. The van der Waals surface area contributed by atoms with Gasteiger partial charge >= 0.3 is 5.97 Å². The molecule has 0 aliphatic carbocycles. The fourth-order valence-electron chi connectivity index (χ4n) is 2.73. The van der Waals surface area contributed by atoms with Gasteiger partial charge in [-0.1, -0.05) is 35.0 Å². The van der Waals surface area contributed by atoms with E-state index in [9.17, 15) is 9.59 Å². The molecule has 1 fully saturated rings. The van der Waals surface area contributed by atoms with Crippen LogP contribution in [0.15, 0.2) is 53.0 Å². The highest BCUT2D eigenvalue weighted by Gasteiger charge is 2.36. The molecule has 0 spiro atoms. The highest BCUT2D eigenvalue weighted by molar-refractivity contribution is 9.10. The van der Waals surface area contributed by atoms with Crippen molar-refractivity contribution in [3.63, 3.8) is 0 Å². The summed E-state index contributed by atoms with van der Waals surface area (Å²) in [6.07, 6.45) is 1.14. The molecule has 2 aromatic carbocycles. The Hall–Kier alpha value is -2.14.